The quantitative estimate of drug-likeness (QED) is 0.790. The number of hydrogen-bond acceptors (Lipinski definition) is 4. The van der Waals surface area contributed by atoms with E-state index < -0.39 is 0 Å². The van der Waals surface area contributed by atoms with Crippen molar-refractivity contribution >= 4 is 5.91 Å². The molecule has 0 bridgehead atoms. The maximum absolute atomic E-state index is 12.7. The Hall–Kier alpha value is -2.70. The van der Waals surface area contributed by atoms with Gasteiger partial charge in [0.2, 0.25) is 5.91 Å². The number of carbonyl (C=O) groups excluding carboxylic acids is 1. The maximum Gasteiger partial charge on any atom is 0.253 e. The van der Waals surface area contributed by atoms with Crippen molar-refractivity contribution in [2.24, 2.45) is 0 Å². The first-order valence-electron chi connectivity index (χ1n) is 6.30. The monoisotopic (exact) mass is 291 g/mol. The predicted molar refractivity (Wildman–Crippen MR) is 73.4 cm³/mol. The molecule has 0 fully saturated rings. The van der Waals surface area contributed by atoms with Gasteiger partial charge in [-0.05, 0) is 24.3 Å². The van der Waals surface area contributed by atoms with Crippen LogP contribution < -0.4 is 15.6 Å². The number of aromatic nitrogens is 2. The van der Waals surface area contributed by atoms with Gasteiger partial charge in [0.25, 0.3) is 5.56 Å². The van der Waals surface area contributed by atoms with Crippen molar-refractivity contribution in [2.75, 3.05) is 13.2 Å². The molecule has 7 heteroatoms. The van der Waals surface area contributed by atoms with E-state index in [9.17, 15) is 14.0 Å². The van der Waals surface area contributed by atoms with E-state index in [1.807, 2.05) is 0 Å². The lowest BCUT2D eigenvalue weighted by atomic mass is 10.3. The van der Waals surface area contributed by atoms with E-state index in [-0.39, 0.29) is 37.0 Å². The van der Waals surface area contributed by atoms with Crippen LogP contribution in [-0.2, 0) is 11.3 Å². The van der Waals surface area contributed by atoms with Crippen LogP contribution in [0.25, 0.3) is 0 Å². The lowest BCUT2D eigenvalue weighted by Gasteiger charge is -2.08. The van der Waals surface area contributed by atoms with Crippen molar-refractivity contribution < 1.29 is 13.9 Å². The first-order valence-corrected chi connectivity index (χ1v) is 6.30. The van der Waals surface area contributed by atoms with Gasteiger partial charge in [-0.25, -0.2) is 9.37 Å². The number of hydrogen-bond donors (Lipinski definition) is 1. The molecular weight excluding hydrogens is 277 g/mol. The molecular formula is C14H14FN3O3. The van der Waals surface area contributed by atoms with Crippen molar-refractivity contribution in [3.8, 4) is 5.75 Å². The molecule has 1 aromatic carbocycles. The van der Waals surface area contributed by atoms with E-state index >= 15 is 0 Å². The molecule has 0 unspecified atom stereocenters. The Balaban J connectivity index is 1.71. The molecule has 1 aromatic heterocycles. The fourth-order valence-corrected chi connectivity index (χ4v) is 1.60. The zero-order valence-electron chi connectivity index (χ0n) is 11.2. The van der Waals surface area contributed by atoms with E-state index in [1.165, 1.54) is 47.4 Å². The van der Waals surface area contributed by atoms with Crippen LogP contribution in [0.3, 0.4) is 0 Å². The molecule has 0 radical (unpaired) electrons. The fraction of sp³-hybridized carbons (Fsp3) is 0.214. The molecule has 6 nitrogen and oxygen atoms in total. The van der Waals surface area contributed by atoms with Crippen molar-refractivity contribution in [3.05, 3.63) is 59.0 Å². The van der Waals surface area contributed by atoms with Gasteiger partial charge in [0.05, 0.1) is 12.9 Å². The minimum Gasteiger partial charge on any atom is -0.492 e. The van der Waals surface area contributed by atoms with Crippen LogP contribution in [0.15, 0.2) is 47.7 Å². The summed E-state index contributed by atoms with van der Waals surface area (Å²) in [6.45, 7) is 0.438. The van der Waals surface area contributed by atoms with Crippen LogP contribution in [-0.4, -0.2) is 28.6 Å². The first kappa shape index (κ1) is 14.7. The fourth-order valence-electron chi connectivity index (χ4n) is 1.60. The highest BCUT2D eigenvalue weighted by Gasteiger charge is 2.03. The Kier molecular flexibility index (Phi) is 5.03. The third-order valence-corrected chi connectivity index (χ3v) is 2.61. The summed E-state index contributed by atoms with van der Waals surface area (Å²) in [4.78, 5) is 26.8. The molecule has 1 N–H and O–H groups in total. The number of halogens is 1. The minimum atomic E-state index is -0.336. The summed E-state index contributed by atoms with van der Waals surface area (Å²) < 4.78 is 19.2. The third-order valence-electron chi connectivity index (χ3n) is 2.61. The molecule has 110 valence electrons. The lowest BCUT2D eigenvalue weighted by molar-refractivity contribution is -0.121. The van der Waals surface area contributed by atoms with Crippen molar-refractivity contribution in [1.82, 2.24) is 14.9 Å². The van der Waals surface area contributed by atoms with Crippen molar-refractivity contribution in [1.29, 1.82) is 0 Å². The minimum absolute atomic E-state index is 0.0940. The Morgan fingerprint density at radius 2 is 2.05 bits per heavy atom. The van der Waals surface area contributed by atoms with Crippen molar-refractivity contribution in [2.45, 2.75) is 6.54 Å². The van der Waals surface area contributed by atoms with E-state index in [4.69, 9.17) is 4.74 Å². The molecule has 2 rings (SSSR count). The van der Waals surface area contributed by atoms with Gasteiger partial charge in [-0.2, -0.15) is 0 Å². The Morgan fingerprint density at radius 1 is 1.29 bits per heavy atom. The first-order chi connectivity index (χ1) is 10.1. The molecule has 21 heavy (non-hydrogen) atoms. The number of ether oxygens (including phenoxy) is 1. The molecule has 0 spiro atoms. The van der Waals surface area contributed by atoms with Crippen LogP contribution in [0.5, 0.6) is 5.75 Å². The number of carbonyl (C=O) groups is 1. The molecule has 2 aromatic rings. The van der Waals surface area contributed by atoms with Crippen LogP contribution in [0, 0.1) is 5.82 Å². The van der Waals surface area contributed by atoms with E-state index in [0.717, 1.165) is 0 Å². The van der Waals surface area contributed by atoms with Crippen LogP contribution in [0.4, 0.5) is 4.39 Å². The maximum atomic E-state index is 12.7. The van der Waals surface area contributed by atoms with Gasteiger partial charge in [0.1, 0.15) is 24.7 Å². The van der Waals surface area contributed by atoms with E-state index in [0.29, 0.717) is 5.75 Å². The summed E-state index contributed by atoms with van der Waals surface area (Å²) in [7, 11) is 0. The Labute approximate surface area is 120 Å². The topological polar surface area (TPSA) is 73.2 Å². The summed E-state index contributed by atoms with van der Waals surface area (Å²) in [5.74, 6) is -0.125. The van der Waals surface area contributed by atoms with Crippen LogP contribution in [0.2, 0.25) is 0 Å². The highest BCUT2D eigenvalue weighted by molar-refractivity contribution is 5.75. The van der Waals surface area contributed by atoms with Crippen molar-refractivity contribution in [3.63, 3.8) is 0 Å². The zero-order valence-corrected chi connectivity index (χ0v) is 11.2. The largest absolute Gasteiger partial charge is 0.492 e. The van der Waals surface area contributed by atoms with E-state index in [1.54, 1.807) is 0 Å². The van der Waals surface area contributed by atoms with Gasteiger partial charge in [0, 0.05) is 12.3 Å². The Bertz CT molecular complexity index is 655. The molecule has 0 saturated heterocycles. The highest BCUT2D eigenvalue weighted by atomic mass is 19.1. The van der Waals surface area contributed by atoms with Gasteiger partial charge < -0.3 is 10.1 Å². The third kappa shape index (κ3) is 4.72. The summed E-state index contributed by atoms with van der Waals surface area (Å²) in [6.07, 6.45) is 2.67. The molecule has 0 atom stereocenters. The van der Waals surface area contributed by atoms with Gasteiger partial charge in [-0.3, -0.25) is 14.2 Å². The summed E-state index contributed by atoms with van der Waals surface area (Å²) in [5.41, 5.74) is -0.289. The summed E-state index contributed by atoms with van der Waals surface area (Å²) in [5, 5.41) is 2.61. The molecule has 0 aliphatic carbocycles. The number of nitrogens with one attached hydrogen (secondary N) is 1. The standard InChI is InChI=1S/C14H14FN3O3/c15-11-1-3-12(4-2-11)21-8-7-17-13(19)9-18-10-16-6-5-14(18)20/h1-6,10H,7-9H2,(H,17,19). The van der Waals surface area contributed by atoms with E-state index in [2.05, 4.69) is 10.3 Å². The zero-order chi connectivity index (χ0) is 15.1. The predicted octanol–water partition coefficient (Wildman–Crippen LogP) is 0.578. The molecule has 0 aliphatic heterocycles. The summed E-state index contributed by atoms with van der Waals surface area (Å²) >= 11 is 0. The molecule has 1 heterocycles. The number of nitrogens with zero attached hydrogens (tertiary/aromatic N) is 2. The normalized spacial score (nSPS) is 10.1. The second-order valence-electron chi connectivity index (χ2n) is 4.20. The Morgan fingerprint density at radius 3 is 2.76 bits per heavy atom. The molecule has 0 saturated carbocycles. The smallest absolute Gasteiger partial charge is 0.253 e. The highest BCUT2D eigenvalue weighted by Crippen LogP contribution is 2.10. The lowest BCUT2D eigenvalue weighted by Crippen LogP contribution is -2.34. The average molecular weight is 291 g/mol. The second kappa shape index (κ2) is 7.18. The molecule has 1 amide bonds. The van der Waals surface area contributed by atoms with Gasteiger partial charge >= 0.3 is 0 Å². The summed E-state index contributed by atoms with van der Waals surface area (Å²) in [6, 6.07) is 6.88. The number of benzene rings is 1. The number of rotatable bonds is 6. The van der Waals surface area contributed by atoms with Crippen LogP contribution >= 0.6 is 0 Å². The van der Waals surface area contributed by atoms with Gasteiger partial charge in [-0.15, -0.1) is 0 Å². The van der Waals surface area contributed by atoms with Gasteiger partial charge in [-0.1, -0.05) is 0 Å². The van der Waals surface area contributed by atoms with Gasteiger partial charge in [0.15, 0.2) is 0 Å². The SMILES string of the molecule is O=C(Cn1cnccc1=O)NCCOc1ccc(F)cc1. The second-order valence-corrected chi connectivity index (χ2v) is 4.20. The molecule has 0 aliphatic rings. The van der Waals surface area contributed by atoms with Crippen LogP contribution in [0.1, 0.15) is 0 Å². The number of amides is 1. The average Bonchev–Trinajstić information content (AvgIpc) is 2.48.